The summed E-state index contributed by atoms with van der Waals surface area (Å²) >= 11 is 0. The molecule has 3 saturated carbocycles. The number of hydrogen-bond donors (Lipinski definition) is 1. The van der Waals surface area contributed by atoms with E-state index in [1.54, 1.807) is 0 Å². The van der Waals surface area contributed by atoms with Gasteiger partial charge in [0.15, 0.2) is 0 Å². The predicted molar refractivity (Wildman–Crippen MR) is 85.8 cm³/mol. The Bertz CT molecular complexity index is 700. The highest BCUT2D eigenvalue weighted by molar-refractivity contribution is 7.86. The van der Waals surface area contributed by atoms with Crippen LogP contribution in [0, 0.1) is 17.8 Å². The molecule has 6 atom stereocenters. The van der Waals surface area contributed by atoms with Gasteiger partial charge in [0.2, 0.25) is 0 Å². The normalized spacial score (nSPS) is 39.6. The second-order valence-corrected chi connectivity index (χ2v) is 9.32. The molecule has 6 unspecified atom stereocenters. The minimum atomic E-state index is -4.16. The molecule has 0 aliphatic heterocycles. The van der Waals surface area contributed by atoms with E-state index >= 15 is 0 Å². The fourth-order valence-electron chi connectivity index (χ4n) is 4.06. The van der Waals surface area contributed by atoms with Gasteiger partial charge in [-0.1, -0.05) is 32.9 Å². The Morgan fingerprint density at radius 1 is 0.864 bits per heavy atom. The summed E-state index contributed by atoms with van der Waals surface area (Å²) < 4.78 is 34.0. The van der Waals surface area contributed by atoms with Crippen LogP contribution in [-0.2, 0) is 10.1 Å². The van der Waals surface area contributed by atoms with Crippen LogP contribution < -0.4 is 0 Å². The fourth-order valence-corrected chi connectivity index (χ4v) is 5.08. The first-order chi connectivity index (χ1) is 10.3. The van der Waals surface area contributed by atoms with Crippen molar-refractivity contribution in [3.63, 3.8) is 0 Å². The lowest BCUT2D eigenvalue weighted by Gasteiger charge is -2.16. The standard InChI is InChI=1S/C18H24O3S/c1-9-4-13(9)12-7-16(14-5-10(14)2)18(22(19,20)21)17(8-12)15-6-11(15)3/h7-11,13-15H,4-6H2,1-3H3,(H,19,20,21). The molecule has 3 nitrogen and oxygen atoms in total. The van der Waals surface area contributed by atoms with Crippen LogP contribution in [0.25, 0.3) is 0 Å². The molecule has 0 amide bonds. The summed E-state index contributed by atoms with van der Waals surface area (Å²) in [6.45, 7) is 6.56. The predicted octanol–water partition coefficient (Wildman–Crippen LogP) is 4.30. The smallest absolute Gasteiger partial charge is 0.282 e. The molecule has 4 heteroatoms. The van der Waals surface area contributed by atoms with Crippen molar-refractivity contribution in [1.29, 1.82) is 0 Å². The molecule has 120 valence electrons. The van der Waals surface area contributed by atoms with Crippen LogP contribution in [0.5, 0.6) is 0 Å². The molecule has 0 spiro atoms. The van der Waals surface area contributed by atoms with Gasteiger partial charge < -0.3 is 0 Å². The van der Waals surface area contributed by atoms with E-state index in [0.717, 1.165) is 24.0 Å². The largest absolute Gasteiger partial charge is 0.295 e. The van der Waals surface area contributed by atoms with E-state index in [1.807, 2.05) is 0 Å². The van der Waals surface area contributed by atoms with Gasteiger partial charge in [-0.25, -0.2) is 0 Å². The minimum absolute atomic E-state index is 0.244. The van der Waals surface area contributed by atoms with Crippen LogP contribution in [0.15, 0.2) is 17.0 Å². The zero-order valence-electron chi connectivity index (χ0n) is 13.4. The van der Waals surface area contributed by atoms with Gasteiger partial charge in [-0.15, -0.1) is 0 Å². The molecule has 3 fully saturated rings. The summed E-state index contributed by atoms with van der Waals surface area (Å²) in [5, 5.41) is 0. The molecule has 1 aromatic carbocycles. The summed E-state index contributed by atoms with van der Waals surface area (Å²) in [5.74, 6) is 2.94. The summed E-state index contributed by atoms with van der Waals surface area (Å²) in [6.07, 6.45) is 3.27. The van der Waals surface area contributed by atoms with Crippen molar-refractivity contribution in [1.82, 2.24) is 0 Å². The van der Waals surface area contributed by atoms with Gasteiger partial charge in [-0.05, 0) is 71.5 Å². The van der Waals surface area contributed by atoms with E-state index < -0.39 is 10.1 Å². The highest BCUT2D eigenvalue weighted by Crippen LogP contribution is 2.57. The van der Waals surface area contributed by atoms with Crippen LogP contribution in [0.4, 0.5) is 0 Å². The van der Waals surface area contributed by atoms with Crippen molar-refractivity contribution in [2.75, 3.05) is 0 Å². The van der Waals surface area contributed by atoms with Gasteiger partial charge in [-0.3, -0.25) is 4.55 Å². The first-order valence-electron chi connectivity index (χ1n) is 8.42. The van der Waals surface area contributed by atoms with Crippen LogP contribution in [-0.4, -0.2) is 13.0 Å². The maximum atomic E-state index is 12.1. The molecular weight excluding hydrogens is 296 g/mol. The summed E-state index contributed by atoms with van der Waals surface area (Å²) in [6, 6.07) is 4.17. The van der Waals surface area contributed by atoms with Crippen LogP contribution in [0.3, 0.4) is 0 Å². The minimum Gasteiger partial charge on any atom is -0.282 e. The van der Waals surface area contributed by atoms with E-state index in [4.69, 9.17) is 0 Å². The first-order valence-corrected chi connectivity index (χ1v) is 9.86. The van der Waals surface area contributed by atoms with Gasteiger partial charge in [0.25, 0.3) is 10.1 Å². The third-order valence-electron chi connectivity index (χ3n) is 5.98. The van der Waals surface area contributed by atoms with Crippen LogP contribution >= 0.6 is 0 Å². The van der Waals surface area contributed by atoms with E-state index in [9.17, 15) is 13.0 Å². The summed E-state index contributed by atoms with van der Waals surface area (Å²) in [4.78, 5) is 0.244. The molecule has 3 aliphatic carbocycles. The number of rotatable bonds is 4. The second kappa shape index (κ2) is 4.57. The molecule has 0 saturated heterocycles. The fraction of sp³-hybridized carbons (Fsp3) is 0.667. The molecule has 0 aromatic heterocycles. The Kier molecular flexibility index (Phi) is 3.06. The molecule has 0 radical (unpaired) electrons. The molecule has 0 bridgehead atoms. The van der Waals surface area contributed by atoms with Crippen molar-refractivity contribution in [3.05, 3.63) is 28.8 Å². The lowest BCUT2D eigenvalue weighted by atomic mass is 9.95. The van der Waals surface area contributed by atoms with Crippen LogP contribution in [0.2, 0.25) is 0 Å². The monoisotopic (exact) mass is 320 g/mol. The Labute approximate surface area is 132 Å². The van der Waals surface area contributed by atoms with Gasteiger partial charge in [0.1, 0.15) is 4.90 Å². The Morgan fingerprint density at radius 3 is 1.50 bits per heavy atom. The highest BCUT2D eigenvalue weighted by atomic mass is 32.2. The quantitative estimate of drug-likeness (QED) is 0.841. The van der Waals surface area contributed by atoms with Crippen molar-refractivity contribution in [3.8, 4) is 0 Å². The molecule has 4 rings (SSSR count). The van der Waals surface area contributed by atoms with E-state index in [1.165, 1.54) is 12.0 Å². The van der Waals surface area contributed by atoms with Gasteiger partial charge in [0.05, 0.1) is 0 Å². The molecule has 3 aliphatic rings. The Morgan fingerprint density at radius 2 is 1.23 bits per heavy atom. The van der Waals surface area contributed by atoms with Gasteiger partial charge >= 0.3 is 0 Å². The second-order valence-electron chi connectivity index (χ2n) is 7.96. The summed E-state index contributed by atoms with van der Waals surface area (Å²) in [7, 11) is -4.16. The maximum Gasteiger partial charge on any atom is 0.295 e. The van der Waals surface area contributed by atoms with Crippen molar-refractivity contribution < 1.29 is 13.0 Å². The van der Waals surface area contributed by atoms with Crippen molar-refractivity contribution >= 4 is 10.1 Å². The van der Waals surface area contributed by atoms with Crippen LogP contribution in [0.1, 0.15) is 74.5 Å². The first kappa shape index (κ1) is 14.7. The van der Waals surface area contributed by atoms with Crippen molar-refractivity contribution in [2.45, 2.75) is 62.7 Å². The lowest BCUT2D eigenvalue weighted by molar-refractivity contribution is 0.480. The molecule has 0 heterocycles. The molecule has 1 aromatic rings. The third kappa shape index (κ3) is 2.41. The average molecular weight is 320 g/mol. The third-order valence-corrected chi connectivity index (χ3v) is 6.97. The van der Waals surface area contributed by atoms with Crippen molar-refractivity contribution in [2.24, 2.45) is 17.8 Å². The van der Waals surface area contributed by atoms with Gasteiger partial charge in [0, 0.05) is 0 Å². The zero-order chi connectivity index (χ0) is 15.8. The number of benzene rings is 1. The van der Waals surface area contributed by atoms with E-state index in [-0.39, 0.29) is 4.90 Å². The van der Waals surface area contributed by atoms with E-state index in [2.05, 4.69) is 32.9 Å². The Hall–Kier alpha value is -0.870. The molecular formula is C18H24O3S. The topological polar surface area (TPSA) is 54.4 Å². The zero-order valence-corrected chi connectivity index (χ0v) is 14.2. The van der Waals surface area contributed by atoms with Gasteiger partial charge in [-0.2, -0.15) is 8.42 Å². The maximum absolute atomic E-state index is 12.1. The summed E-state index contributed by atoms with van der Waals surface area (Å²) in [5.41, 5.74) is 3.07. The Balaban J connectivity index is 1.90. The molecule has 1 N–H and O–H groups in total. The van der Waals surface area contributed by atoms with E-state index in [0.29, 0.717) is 35.5 Å². The average Bonchev–Trinajstić information content (AvgIpc) is 3.30. The molecule has 22 heavy (non-hydrogen) atoms. The SMILES string of the molecule is CC1CC1c1cc(C2CC2C)c(S(=O)(=O)O)c(C2CC2C)c1. The highest BCUT2D eigenvalue weighted by Gasteiger charge is 2.45. The number of hydrogen-bond acceptors (Lipinski definition) is 2. The lowest BCUT2D eigenvalue weighted by Crippen LogP contribution is -2.09.